The van der Waals surface area contributed by atoms with Crippen LogP contribution in [0.2, 0.25) is 5.02 Å². The number of nitrogens with one attached hydrogen (secondary N) is 1. The predicted molar refractivity (Wildman–Crippen MR) is 83.7 cm³/mol. The van der Waals surface area contributed by atoms with Crippen LogP contribution in [-0.2, 0) is 15.1 Å². The normalized spacial score (nSPS) is 22.0. The number of halogens is 1. The number of hydrogen-bond donors (Lipinski definition) is 2. The molecule has 118 valence electrons. The van der Waals surface area contributed by atoms with Crippen LogP contribution in [0.15, 0.2) is 24.3 Å². The molecule has 0 radical (unpaired) electrons. The zero-order valence-corrected chi connectivity index (χ0v) is 13.2. The Morgan fingerprint density at radius 2 is 2.24 bits per heavy atom. The molecule has 1 aromatic carbocycles. The van der Waals surface area contributed by atoms with Gasteiger partial charge in [0.15, 0.2) is 0 Å². The van der Waals surface area contributed by atoms with E-state index in [-0.39, 0.29) is 12.6 Å². The third-order valence-corrected chi connectivity index (χ3v) is 4.20. The maximum atomic E-state index is 11.2. The Kier molecular flexibility index (Phi) is 6.45. The lowest BCUT2D eigenvalue weighted by Gasteiger charge is -2.39. The Hall–Kier alpha value is -0.650. The van der Waals surface area contributed by atoms with E-state index in [2.05, 4.69) is 5.32 Å². The fourth-order valence-corrected chi connectivity index (χ4v) is 2.96. The van der Waals surface area contributed by atoms with Gasteiger partial charge in [0.25, 0.3) is 0 Å². The maximum Gasteiger partial charge on any atom is 0.128 e. The Labute approximate surface area is 131 Å². The second kappa shape index (κ2) is 8.11. The largest absolute Gasteiger partial charge is 0.382 e. The van der Waals surface area contributed by atoms with E-state index in [1.165, 1.54) is 0 Å². The summed E-state index contributed by atoms with van der Waals surface area (Å²) >= 11 is 6.08. The van der Waals surface area contributed by atoms with Crippen molar-refractivity contribution in [2.45, 2.75) is 30.9 Å². The topological polar surface area (TPSA) is 50.7 Å². The molecule has 2 N–H and O–H groups in total. The van der Waals surface area contributed by atoms with Crippen molar-refractivity contribution < 1.29 is 14.6 Å². The molecule has 1 fully saturated rings. The minimum absolute atomic E-state index is 0.0211. The van der Waals surface area contributed by atoms with Crippen molar-refractivity contribution in [3.63, 3.8) is 0 Å². The van der Waals surface area contributed by atoms with Crippen molar-refractivity contribution in [3.05, 3.63) is 34.9 Å². The number of benzene rings is 1. The van der Waals surface area contributed by atoms with Crippen molar-refractivity contribution in [2.75, 3.05) is 33.5 Å². The SMILES string of the molecule is COCCOC[C@](O)(c1cccc(Cl)c1)C1CCCCN1. The fraction of sp³-hybridized carbons (Fsp3) is 0.625. The molecule has 1 unspecified atom stereocenters. The van der Waals surface area contributed by atoms with Crippen LogP contribution in [0.25, 0.3) is 0 Å². The minimum atomic E-state index is -1.07. The highest BCUT2D eigenvalue weighted by Crippen LogP contribution is 2.31. The van der Waals surface area contributed by atoms with Crippen molar-refractivity contribution in [2.24, 2.45) is 0 Å². The number of aliphatic hydroxyl groups is 1. The van der Waals surface area contributed by atoms with Gasteiger partial charge in [-0.25, -0.2) is 0 Å². The summed E-state index contributed by atoms with van der Waals surface area (Å²) in [5.74, 6) is 0. The summed E-state index contributed by atoms with van der Waals surface area (Å²) in [6.45, 7) is 2.13. The summed E-state index contributed by atoms with van der Waals surface area (Å²) in [6, 6.07) is 7.37. The molecule has 0 saturated carbocycles. The first-order valence-electron chi connectivity index (χ1n) is 7.45. The van der Waals surface area contributed by atoms with E-state index in [0.29, 0.717) is 18.2 Å². The third kappa shape index (κ3) is 4.41. The van der Waals surface area contributed by atoms with E-state index in [0.717, 1.165) is 31.4 Å². The summed E-state index contributed by atoms with van der Waals surface area (Å²) in [5.41, 5.74) is -0.272. The van der Waals surface area contributed by atoms with Crippen LogP contribution in [0.5, 0.6) is 0 Å². The molecule has 21 heavy (non-hydrogen) atoms. The molecule has 1 aromatic rings. The summed E-state index contributed by atoms with van der Waals surface area (Å²) < 4.78 is 10.6. The highest BCUT2D eigenvalue weighted by Gasteiger charge is 2.39. The van der Waals surface area contributed by atoms with Gasteiger partial charge in [0.2, 0.25) is 0 Å². The van der Waals surface area contributed by atoms with Gasteiger partial charge in [0.1, 0.15) is 5.60 Å². The molecule has 0 aromatic heterocycles. The number of methoxy groups -OCH3 is 1. The number of hydrogen-bond acceptors (Lipinski definition) is 4. The first kappa shape index (κ1) is 16.7. The second-order valence-corrected chi connectivity index (χ2v) is 5.92. The Balaban J connectivity index is 2.15. The van der Waals surface area contributed by atoms with Crippen LogP contribution in [0, 0.1) is 0 Å². The van der Waals surface area contributed by atoms with Gasteiger partial charge in [-0.15, -0.1) is 0 Å². The molecule has 2 rings (SSSR count). The van der Waals surface area contributed by atoms with E-state index in [1.807, 2.05) is 24.3 Å². The van der Waals surface area contributed by atoms with Gasteiger partial charge >= 0.3 is 0 Å². The van der Waals surface area contributed by atoms with Gasteiger partial charge in [-0.1, -0.05) is 30.2 Å². The summed E-state index contributed by atoms with van der Waals surface area (Å²) in [5, 5.41) is 15.3. The molecule has 5 heteroatoms. The number of ether oxygens (including phenoxy) is 2. The molecule has 1 heterocycles. The standard InChI is InChI=1S/C16H24ClNO3/c1-20-9-10-21-12-16(19,15-7-2-3-8-18-15)13-5-4-6-14(17)11-13/h4-6,11,15,18-19H,2-3,7-10,12H2,1H3/t15?,16-/m0/s1. The molecule has 0 bridgehead atoms. The van der Waals surface area contributed by atoms with Gasteiger partial charge in [-0.3, -0.25) is 0 Å². The Morgan fingerprint density at radius 3 is 2.90 bits per heavy atom. The lowest BCUT2D eigenvalue weighted by molar-refractivity contribution is -0.0867. The molecule has 1 saturated heterocycles. The van der Waals surface area contributed by atoms with E-state index in [9.17, 15) is 5.11 Å². The molecule has 2 atom stereocenters. The minimum Gasteiger partial charge on any atom is -0.382 e. The fourth-order valence-electron chi connectivity index (χ4n) is 2.77. The molecule has 4 nitrogen and oxygen atoms in total. The first-order valence-corrected chi connectivity index (χ1v) is 7.83. The zero-order valence-electron chi connectivity index (χ0n) is 12.5. The molecule has 1 aliphatic rings. The van der Waals surface area contributed by atoms with E-state index >= 15 is 0 Å². The molecule has 0 aliphatic carbocycles. The van der Waals surface area contributed by atoms with E-state index in [4.69, 9.17) is 21.1 Å². The van der Waals surface area contributed by atoms with Gasteiger partial charge in [0.05, 0.1) is 19.8 Å². The summed E-state index contributed by atoms with van der Waals surface area (Å²) in [6.07, 6.45) is 3.18. The Bertz CT molecular complexity index is 437. The van der Waals surface area contributed by atoms with Gasteiger partial charge < -0.3 is 19.9 Å². The second-order valence-electron chi connectivity index (χ2n) is 5.48. The monoisotopic (exact) mass is 313 g/mol. The van der Waals surface area contributed by atoms with Gasteiger partial charge in [-0.05, 0) is 37.1 Å². The van der Waals surface area contributed by atoms with E-state index in [1.54, 1.807) is 7.11 Å². The summed E-state index contributed by atoms with van der Waals surface area (Å²) in [4.78, 5) is 0. The summed E-state index contributed by atoms with van der Waals surface area (Å²) in [7, 11) is 1.63. The van der Waals surface area contributed by atoms with Crippen LogP contribution < -0.4 is 5.32 Å². The van der Waals surface area contributed by atoms with Crippen LogP contribution in [0.3, 0.4) is 0 Å². The number of rotatable bonds is 7. The van der Waals surface area contributed by atoms with Crippen molar-refractivity contribution in [1.82, 2.24) is 5.32 Å². The molecular weight excluding hydrogens is 290 g/mol. The van der Waals surface area contributed by atoms with Gasteiger partial charge in [-0.2, -0.15) is 0 Å². The quantitative estimate of drug-likeness (QED) is 0.759. The maximum absolute atomic E-state index is 11.2. The van der Waals surface area contributed by atoms with Crippen LogP contribution in [0.1, 0.15) is 24.8 Å². The first-order chi connectivity index (χ1) is 10.2. The van der Waals surface area contributed by atoms with E-state index < -0.39 is 5.60 Å². The lowest BCUT2D eigenvalue weighted by Crippen LogP contribution is -2.53. The predicted octanol–water partition coefficient (Wildman–Crippen LogP) is 2.33. The molecule has 1 aliphatic heterocycles. The van der Waals surface area contributed by atoms with Crippen molar-refractivity contribution >= 4 is 11.6 Å². The highest BCUT2D eigenvalue weighted by molar-refractivity contribution is 6.30. The number of piperidine rings is 1. The highest BCUT2D eigenvalue weighted by atomic mass is 35.5. The van der Waals surface area contributed by atoms with Crippen molar-refractivity contribution in [3.8, 4) is 0 Å². The average molecular weight is 314 g/mol. The molecule has 0 spiro atoms. The van der Waals surface area contributed by atoms with Crippen LogP contribution in [0.4, 0.5) is 0 Å². The molecule has 0 amide bonds. The van der Waals surface area contributed by atoms with Crippen molar-refractivity contribution in [1.29, 1.82) is 0 Å². The Morgan fingerprint density at radius 1 is 1.38 bits per heavy atom. The smallest absolute Gasteiger partial charge is 0.128 e. The van der Waals surface area contributed by atoms with Crippen LogP contribution in [-0.4, -0.2) is 44.6 Å². The van der Waals surface area contributed by atoms with Gasteiger partial charge in [0, 0.05) is 18.2 Å². The molecular formula is C16H24ClNO3. The van der Waals surface area contributed by atoms with Crippen LogP contribution >= 0.6 is 11.6 Å². The zero-order chi connectivity index (χ0) is 15.1. The lowest BCUT2D eigenvalue weighted by atomic mass is 9.82. The third-order valence-electron chi connectivity index (χ3n) is 3.97. The average Bonchev–Trinajstić information content (AvgIpc) is 2.52.